The molecule has 3 aromatic rings. The van der Waals surface area contributed by atoms with Crippen molar-refractivity contribution in [2.45, 2.75) is 32.4 Å². The number of hydrogen-bond donors (Lipinski definition) is 4. The summed E-state index contributed by atoms with van der Waals surface area (Å²) in [6, 6.07) is 10.2. The third-order valence-electron chi connectivity index (χ3n) is 5.54. The Labute approximate surface area is 174 Å². The number of rotatable bonds is 8. The van der Waals surface area contributed by atoms with Crippen LogP contribution in [0.4, 0.5) is 5.69 Å². The molecule has 2 aromatic heterocycles. The van der Waals surface area contributed by atoms with Gasteiger partial charge in [-0.25, -0.2) is 4.52 Å². The minimum absolute atomic E-state index is 0.0342. The lowest BCUT2D eigenvalue weighted by molar-refractivity contribution is -0.119. The van der Waals surface area contributed by atoms with Crippen molar-refractivity contribution in [1.82, 2.24) is 14.9 Å². The van der Waals surface area contributed by atoms with Crippen LogP contribution < -0.4 is 22.1 Å². The van der Waals surface area contributed by atoms with Crippen molar-refractivity contribution < 1.29 is 9.59 Å². The summed E-state index contributed by atoms with van der Waals surface area (Å²) in [6.45, 7) is 2.50. The number of carbonyl (C=O) groups excluding carboxylic acids is 2. The van der Waals surface area contributed by atoms with Crippen molar-refractivity contribution >= 4 is 23.0 Å². The Kier molecular flexibility index (Phi) is 5.41. The summed E-state index contributed by atoms with van der Waals surface area (Å²) in [7, 11) is 0. The van der Waals surface area contributed by atoms with Crippen molar-refractivity contribution in [2.75, 3.05) is 11.9 Å². The molecule has 8 nitrogen and oxygen atoms in total. The predicted molar refractivity (Wildman–Crippen MR) is 116 cm³/mol. The van der Waals surface area contributed by atoms with Crippen LogP contribution in [0.15, 0.2) is 42.7 Å². The van der Waals surface area contributed by atoms with Gasteiger partial charge in [-0.2, -0.15) is 5.10 Å². The Morgan fingerprint density at radius 1 is 1.27 bits per heavy atom. The Balaban J connectivity index is 1.69. The SMILES string of the molecule is C[C@@H](Nc1c(C(N)=O)cnn2cc(-c3cccc(CNC(=O)CN)c3)cc12)C1CC1. The van der Waals surface area contributed by atoms with Gasteiger partial charge in [-0.3, -0.25) is 9.59 Å². The average Bonchev–Trinajstić information content (AvgIpc) is 3.50. The zero-order chi connectivity index (χ0) is 21.3. The average molecular weight is 406 g/mol. The van der Waals surface area contributed by atoms with E-state index in [2.05, 4.69) is 22.7 Å². The van der Waals surface area contributed by atoms with E-state index in [1.807, 2.05) is 36.5 Å². The van der Waals surface area contributed by atoms with E-state index in [9.17, 15) is 9.59 Å². The van der Waals surface area contributed by atoms with E-state index in [1.165, 1.54) is 19.0 Å². The quantitative estimate of drug-likeness (QED) is 0.454. The fourth-order valence-corrected chi connectivity index (χ4v) is 3.63. The zero-order valence-corrected chi connectivity index (χ0v) is 16.9. The van der Waals surface area contributed by atoms with E-state index in [-0.39, 0.29) is 18.5 Å². The number of nitrogens with zero attached hydrogens (tertiary/aromatic N) is 2. The molecule has 0 spiro atoms. The molecule has 2 heterocycles. The van der Waals surface area contributed by atoms with E-state index >= 15 is 0 Å². The summed E-state index contributed by atoms with van der Waals surface area (Å²) in [5, 5.41) is 10.6. The van der Waals surface area contributed by atoms with Gasteiger partial charge in [0.15, 0.2) is 0 Å². The number of amides is 2. The third-order valence-corrected chi connectivity index (χ3v) is 5.54. The van der Waals surface area contributed by atoms with Crippen LogP contribution in [0, 0.1) is 5.92 Å². The molecule has 30 heavy (non-hydrogen) atoms. The lowest BCUT2D eigenvalue weighted by atomic mass is 10.1. The van der Waals surface area contributed by atoms with E-state index < -0.39 is 5.91 Å². The number of hydrogen-bond acceptors (Lipinski definition) is 5. The fraction of sp³-hybridized carbons (Fsp3) is 0.318. The number of anilines is 1. The van der Waals surface area contributed by atoms with E-state index in [0.29, 0.717) is 18.0 Å². The number of nitrogens with one attached hydrogen (secondary N) is 2. The second-order valence-corrected chi connectivity index (χ2v) is 7.81. The van der Waals surface area contributed by atoms with Crippen LogP contribution in [-0.4, -0.2) is 34.0 Å². The minimum atomic E-state index is -0.504. The van der Waals surface area contributed by atoms with E-state index in [4.69, 9.17) is 11.5 Å². The Morgan fingerprint density at radius 3 is 2.77 bits per heavy atom. The van der Waals surface area contributed by atoms with Gasteiger partial charge in [0.2, 0.25) is 5.91 Å². The second-order valence-electron chi connectivity index (χ2n) is 7.81. The van der Waals surface area contributed by atoms with Crippen LogP contribution in [0.2, 0.25) is 0 Å². The van der Waals surface area contributed by atoms with Crippen LogP contribution in [0.3, 0.4) is 0 Å². The van der Waals surface area contributed by atoms with Crippen LogP contribution in [0.1, 0.15) is 35.7 Å². The molecule has 2 amide bonds. The van der Waals surface area contributed by atoms with Crippen LogP contribution in [0.25, 0.3) is 16.6 Å². The summed E-state index contributed by atoms with van der Waals surface area (Å²) in [5.74, 6) is -0.0802. The van der Waals surface area contributed by atoms with Crippen molar-refractivity contribution in [3.05, 3.63) is 53.9 Å². The highest BCUT2D eigenvalue weighted by atomic mass is 16.2. The lowest BCUT2D eigenvalue weighted by Crippen LogP contribution is -2.29. The van der Waals surface area contributed by atoms with Gasteiger partial charge < -0.3 is 22.1 Å². The molecule has 4 rings (SSSR count). The largest absolute Gasteiger partial charge is 0.380 e. The molecule has 0 radical (unpaired) electrons. The van der Waals surface area contributed by atoms with Crippen LogP contribution in [-0.2, 0) is 11.3 Å². The normalized spacial score (nSPS) is 14.5. The van der Waals surface area contributed by atoms with Gasteiger partial charge in [-0.1, -0.05) is 18.2 Å². The molecule has 8 heteroatoms. The van der Waals surface area contributed by atoms with Crippen molar-refractivity contribution in [2.24, 2.45) is 17.4 Å². The molecule has 0 bridgehead atoms. The smallest absolute Gasteiger partial charge is 0.252 e. The van der Waals surface area contributed by atoms with Crippen molar-refractivity contribution in [3.8, 4) is 11.1 Å². The van der Waals surface area contributed by atoms with E-state index in [0.717, 1.165) is 27.9 Å². The highest BCUT2D eigenvalue weighted by molar-refractivity contribution is 6.02. The molecule has 156 valence electrons. The number of carbonyl (C=O) groups is 2. The molecule has 1 atom stereocenters. The minimum Gasteiger partial charge on any atom is -0.380 e. The highest BCUT2D eigenvalue weighted by Crippen LogP contribution is 2.36. The molecular formula is C22H26N6O2. The summed E-state index contributed by atoms with van der Waals surface area (Å²) >= 11 is 0. The fourth-order valence-electron chi connectivity index (χ4n) is 3.63. The number of benzene rings is 1. The van der Waals surface area contributed by atoms with Gasteiger partial charge in [-0.05, 0) is 48.9 Å². The molecule has 6 N–H and O–H groups in total. The van der Waals surface area contributed by atoms with Crippen LogP contribution in [0.5, 0.6) is 0 Å². The molecule has 1 aromatic carbocycles. The predicted octanol–water partition coefficient (Wildman–Crippen LogP) is 1.89. The standard InChI is InChI=1S/C22H26N6O2/c1-13(15-5-6-15)27-21-18(22(24)30)11-26-28-12-17(8-19(21)28)16-4-2-3-14(7-16)10-25-20(29)9-23/h2-4,7-8,11-13,15,27H,5-6,9-10,23H2,1H3,(H2,24,30)(H,25,29)/t13-/m1/s1. The molecule has 1 aliphatic rings. The van der Waals surface area contributed by atoms with Gasteiger partial charge in [-0.15, -0.1) is 0 Å². The first-order chi connectivity index (χ1) is 14.5. The second kappa shape index (κ2) is 8.16. The summed E-state index contributed by atoms with van der Waals surface area (Å²) in [5.41, 5.74) is 15.8. The molecule has 0 aliphatic heterocycles. The maximum atomic E-state index is 12.0. The molecule has 0 saturated heterocycles. The van der Waals surface area contributed by atoms with Gasteiger partial charge in [0.1, 0.15) is 0 Å². The molecule has 0 unspecified atom stereocenters. The first-order valence-electron chi connectivity index (χ1n) is 10.1. The first-order valence-corrected chi connectivity index (χ1v) is 10.1. The highest BCUT2D eigenvalue weighted by Gasteiger charge is 2.29. The lowest BCUT2D eigenvalue weighted by Gasteiger charge is -2.17. The van der Waals surface area contributed by atoms with E-state index in [1.54, 1.807) is 4.52 Å². The Bertz CT molecular complexity index is 1100. The van der Waals surface area contributed by atoms with Crippen molar-refractivity contribution in [1.29, 1.82) is 0 Å². The maximum Gasteiger partial charge on any atom is 0.252 e. The number of primary amides is 1. The summed E-state index contributed by atoms with van der Waals surface area (Å²) < 4.78 is 1.76. The number of fused-ring (bicyclic) bond motifs is 1. The number of nitrogens with two attached hydrogens (primary N) is 2. The monoisotopic (exact) mass is 406 g/mol. The van der Waals surface area contributed by atoms with Gasteiger partial charge in [0.05, 0.1) is 29.5 Å². The van der Waals surface area contributed by atoms with Gasteiger partial charge in [0, 0.05) is 24.3 Å². The third kappa shape index (κ3) is 4.13. The molecule has 1 saturated carbocycles. The number of aromatic nitrogens is 2. The van der Waals surface area contributed by atoms with Gasteiger partial charge >= 0.3 is 0 Å². The topological polar surface area (TPSA) is 128 Å². The summed E-state index contributed by atoms with van der Waals surface area (Å²) in [6.07, 6.45) is 5.83. The molecular weight excluding hydrogens is 380 g/mol. The molecule has 1 fully saturated rings. The molecule has 1 aliphatic carbocycles. The van der Waals surface area contributed by atoms with Gasteiger partial charge in [0.25, 0.3) is 5.91 Å². The van der Waals surface area contributed by atoms with Crippen molar-refractivity contribution in [3.63, 3.8) is 0 Å². The first kappa shape index (κ1) is 19.9. The summed E-state index contributed by atoms with van der Waals surface area (Å²) in [4.78, 5) is 23.4. The Hall–Kier alpha value is -3.39. The zero-order valence-electron chi connectivity index (χ0n) is 16.9. The Morgan fingerprint density at radius 2 is 2.07 bits per heavy atom. The maximum absolute atomic E-state index is 12.0. The van der Waals surface area contributed by atoms with Crippen LogP contribution >= 0.6 is 0 Å².